The topological polar surface area (TPSA) is 43.4 Å². The lowest BCUT2D eigenvalue weighted by atomic mass is 9.86. The minimum absolute atomic E-state index is 0.286. The van der Waals surface area contributed by atoms with E-state index in [1.807, 2.05) is 6.07 Å². The molecule has 0 aliphatic heterocycles. The summed E-state index contributed by atoms with van der Waals surface area (Å²) in [5, 5.41) is 0. The molecule has 1 aliphatic carbocycles. The molecule has 4 heteroatoms. The Morgan fingerprint density at radius 1 is 1.31 bits per heavy atom. The Kier molecular flexibility index (Phi) is 3.30. The van der Waals surface area contributed by atoms with Gasteiger partial charge in [0.2, 0.25) is 0 Å². The highest BCUT2D eigenvalue weighted by molar-refractivity contribution is 7.86. The molecule has 1 aromatic rings. The summed E-state index contributed by atoms with van der Waals surface area (Å²) in [6.07, 6.45) is 3.37. The Labute approximate surface area is 96.6 Å². The first-order chi connectivity index (χ1) is 7.59. The molecular weight excluding hydrogens is 224 g/mol. The second-order valence-electron chi connectivity index (χ2n) is 4.30. The van der Waals surface area contributed by atoms with E-state index in [0.29, 0.717) is 12.5 Å². The lowest BCUT2D eigenvalue weighted by molar-refractivity contribution is 0.185. The molecule has 0 N–H and O–H groups in total. The quantitative estimate of drug-likeness (QED) is 0.759. The van der Waals surface area contributed by atoms with Crippen molar-refractivity contribution in [1.29, 1.82) is 0 Å². The van der Waals surface area contributed by atoms with Gasteiger partial charge in [-0.3, -0.25) is 4.18 Å². The van der Waals surface area contributed by atoms with E-state index in [4.69, 9.17) is 4.18 Å². The van der Waals surface area contributed by atoms with E-state index in [1.165, 1.54) is 6.42 Å². The van der Waals surface area contributed by atoms with Gasteiger partial charge in [0, 0.05) is 0 Å². The molecule has 0 aromatic heterocycles. The van der Waals surface area contributed by atoms with Gasteiger partial charge in [0.15, 0.2) is 0 Å². The minimum Gasteiger partial charge on any atom is -0.266 e. The van der Waals surface area contributed by atoms with E-state index < -0.39 is 10.1 Å². The van der Waals surface area contributed by atoms with Crippen LogP contribution in [0.2, 0.25) is 0 Å². The molecule has 2 rings (SSSR count). The normalized spacial score (nSPS) is 17.1. The molecule has 0 bridgehead atoms. The summed E-state index contributed by atoms with van der Waals surface area (Å²) < 4.78 is 28.8. The molecule has 88 valence electrons. The molecule has 3 nitrogen and oxygen atoms in total. The van der Waals surface area contributed by atoms with Crippen molar-refractivity contribution in [2.75, 3.05) is 6.61 Å². The van der Waals surface area contributed by atoms with Crippen LogP contribution >= 0.6 is 0 Å². The highest BCUT2D eigenvalue weighted by Crippen LogP contribution is 2.28. The van der Waals surface area contributed by atoms with Gasteiger partial charge in [-0.15, -0.1) is 0 Å². The highest BCUT2D eigenvalue weighted by atomic mass is 32.2. The van der Waals surface area contributed by atoms with Gasteiger partial charge >= 0.3 is 0 Å². The fourth-order valence-corrected chi connectivity index (χ4v) is 2.95. The second kappa shape index (κ2) is 4.55. The van der Waals surface area contributed by atoms with Crippen LogP contribution in [0.4, 0.5) is 0 Å². The van der Waals surface area contributed by atoms with Crippen molar-refractivity contribution in [1.82, 2.24) is 0 Å². The Bertz CT molecular complexity index is 461. The maximum atomic E-state index is 11.9. The van der Waals surface area contributed by atoms with Crippen molar-refractivity contribution in [3.05, 3.63) is 29.8 Å². The fourth-order valence-electron chi connectivity index (χ4n) is 1.75. The maximum absolute atomic E-state index is 11.9. The Morgan fingerprint density at radius 2 is 2.00 bits per heavy atom. The zero-order chi connectivity index (χ0) is 11.6. The van der Waals surface area contributed by atoms with E-state index in [9.17, 15) is 8.42 Å². The monoisotopic (exact) mass is 240 g/mol. The van der Waals surface area contributed by atoms with Crippen molar-refractivity contribution >= 4 is 10.1 Å². The lowest BCUT2D eigenvalue weighted by Crippen LogP contribution is -2.20. The van der Waals surface area contributed by atoms with Crippen molar-refractivity contribution in [2.24, 2.45) is 5.92 Å². The van der Waals surface area contributed by atoms with Crippen LogP contribution in [0, 0.1) is 12.8 Å². The van der Waals surface area contributed by atoms with Crippen LogP contribution in [0.15, 0.2) is 29.2 Å². The van der Waals surface area contributed by atoms with Crippen molar-refractivity contribution in [3.63, 3.8) is 0 Å². The summed E-state index contributed by atoms with van der Waals surface area (Å²) in [6.45, 7) is 2.11. The predicted octanol–water partition coefficient (Wildman–Crippen LogP) is 2.50. The maximum Gasteiger partial charge on any atom is 0.297 e. The van der Waals surface area contributed by atoms with Gasteiger partial charge in [0.05, 0.1) is 11.5 Å². The van der Waals surface area contributed by atoms with E-state index in [2.05, 4.69) is 0 Å². The summed E-state index contributed by atoms with van der Waals surface area (Å²) in [6, 6.07) is 6.90. The van der Waals surface area contributed by atoms with Crippen LogP contribution < -0.4 is 0 Å². The van der Waals surface area contributed by atoms with Gasteiger partial charge in [0.25, 0.3) is 10.1 Å². The molecule has 0 atom stereocenters. The van der Waals surface area contributed by atoms with Crippen molar-refractivity contribution in [2.45, 2.75) is 31.1 Å². The second-order valence-corrected chi connectivity index (χ2v) is 5.88. The number of rotatable bonds is 4. The largest absolute Gasteiger partial charge is 0.297 e. The molecule has 16 heavy (non-hydrogen) atoms. The van der Waals surface area contributed by atoms with Gasteiger partial charge in [-0.2, -0.15) is 8.42 Å². The standard InChI is InChI=1S/C12H16O3S/c1-10-5-2-3-8-12(10)16(13,14)15-9-11-6-4-7-11/h2-3,5,8,11H,4,6-7,9H2,1H3. The van der Waals surface area contributed by atoms with Crippen molar-refractivity contribution in [3.8, 4) is 0 Å². The Balaban J connectivity index is 2.09. The molecule has 0 amide bonds. The number of aryl methyl sites for hydroxylation is 1. The molecule has 0 saturated heterocycles. The molecule has 1 aromatic carbocycles. The highest BCUT2D eigenvalue weighted by Gasteiger charge is 2.23. The summed E-state index contributed by atoms with van der Waals surface area (Å²) in [5.41, 5.74) is 0.733. The molecule has 1 saturated carbocycles. The van der Waals surface area contributed by atoms with Crippen molar-refractivity contribution < 1.29 is 12.6 Å². The number of hydrogen-bond acceptors (Lipinski definition) is 3. The molecule has 1 fully saturated rings. The van der Waals surface area contributed by atoms with Crippen LogP contribution in [-0.4, -0.2) is 15.0 Å². The lowest BCUT2D eigenvalue weighted by Gasteiger charge is -2.24. The third kappa shape index (κ3) is 2.44. The Hall–Kier alpha value is -0.870. The van der Waals surface area contributed by atoms with Gasteiger partial charge in [-0.1, -0.05) is 24.6 Å². The third-order valence-corrected chi connectivity index (χ3v) is 4.49. The molecule has 0 heterocycles. The van der Waals surface area contributed by atoms with Gasteiger partial charge in [-0.05, 0) is 37.3 Å². The molecule has 0 radical (unpaired) electrons. The average Bonchev–Trinajstić information content (AvgIpc) is 2.15. The zero-order valence-electron chi connectivity index (χ0n) is 9.35. The smallest absolute Gasteiger partial charge is 0.266 e. The zero-order valence-corrected chi connectivity index (χ0v) is 10.2. The van der Waals surface area contributed by atoms with Crippen LogP contribution in [0.25, 0.3) is 0 Å². The minimum atomic E-state index is -3.56. The third-order valence-electron chi connectivity index (χ3n) is 3.05. The van der Waals surface area contributed by atoms with Crippen LogP contribution in [0.3, 0.4) is 0 Å². The Morgan fingerprint density at radius 3 is 2.56 bits per heavy atom. The van der Waals surface area contributed by atoms with Crippen LogP contribution in [-0.2, 0) is 14.3 Å². The summed E-state index contributed by atoms with van der Waals surface area (Å²) in [5.74, 6) is 0.429. The molecular formula is C12H16O3S. The predicted molar refractivity (Wildman–Crippen MR) is 61.7 cm³/mol. The molecule has 1 aliphatic rings. The number of benzene rings is 1. The first kappa shape index (κ1) is 11.6. The van der Waals surface area contributed by atoms with E-state index in [0.717, 1.165) is 18.4 Å². The van der Waals surface area contributed by atoms with E-state index >= 15 is 0 Å². The summed E-state index contributed by atoms with van der Waals surface area (Å²) in [4.78, 5) is 0.286. The van der Waals surface area contributed by atoms with Gasteiger partial charge in [0.1, 0.15) is 0 Å². The molecule has 0 spiro atoms. The van der Waals surface area contributed by atoms with Gasteiger partial charge in [-0.25, -0.2) is 0 Å². The first-order valence-corrected chi connectivity index (χ1v) is 6.95. The average molecular weight is 240 g/mol. The van der Waals surface area contributed by atoms with E-state index in [-0.39, 0.29) is 4.90 Å². The summed E-state index contributed by atoms with van der Waals surface area (Å²) in [7, 11) is -3.56. The fraction of sp³-hybridized carbons (Fsp3) is 0.500. The molecule has 0 unspecified atom stereocenters. The van der Waals surface area contributed by atoms with Gasteiger partial charge < -0.3 is 0 Å². The van der Waals surface area contributed by atoms with Crippen LogP contribution in [0.5, 0.6) is 0 Å². The summed E-state index contributed by atoms with van der Waals surface area (Å²) >= 11 is 0. The van der Waals surface area contributed by atoms with Crippen LogP contribution in [0.1, 0.15) is 24.8 Å². The van der Waals surface area contributed by atoms with E-state index in [1.54, 1.807) is 25.1 Å². The first-order valence-electron chi connectivity index (χ1n) is 5.54. The number of hydrogen-bond donors (Lipinski definition) is 0. The SMILES string of the molecule is Cc1ccccc1S(=O)(=O)OCC1CCC1.